The number of nitrogen functional groups attached to an aromatic ring is 1. The van der Waals surface area contributed by atoms with Gasteiger partial charge in [0.25, 0.3) is 0 Å². The summed E-state index contributed by atoms with van der Waals surface area (Å²) in [5, 5.41) is 24.0. The maximum absolute atomic E-state index is 12.8. The summed E-state index contributed by atoms with van der Waals surface area (Å²) >= 11 is 11.4. The van der Waals surface area contributed by atoms with Crippen LogP contribution in [0.25, 0.3) is 11.4 Å². The third-order valence-electron chi connectivity index (χ3n) is 7.36. The first-order chi connectivity index (χ1) is 25.4. The Kier molecular flexibility index (Phi) is 12.9. The Hall–Kier alpha value is -6.02. The summed E-state index contributed by atoms with van der Waals surface area (Å²) in [6, 6.07) is 15.4. The van der Waals surface area contributed by atoms with Crippen molar-refractivity contribution < 1.29 is 31.3 Å². The van der Waals surface area contributed by atoms with E-state index in [1.54, 1.807) is 55.5 Å². The molecule has 6 rings (SSSR count). The van der Waals surface area contributed by atoms with E-state index in [2.05, 4.69) is 40.8 Å². The lowest BCUT2D eigenvalue weighted by atomic mass is 10.2. The van der Waals surface area contributed by atoms with E-state index in [4.69, 9.17) is 28.9 Å². The van der Waals surface area contributed by atoms with Crippen molar-refractivity contribution in [3.8, 4) is 11.4 Å². The van der Waals surface area contributed by atoms with Crippen LogP contribution in [-0.4, -0.2) is 44.4 Å². The first-order valence-corrected chi connectivity index (χ1v) is 16.0. The summed E-state index contributed by atoms with van der Waals surface area (Å²) in [5.41, 5.74) is 7.22. The summed E-state index contributed by atoms with van der Waals surface area (Å²) in [5.74, 6) is 0.374. The van der Waals surface area contributed by atoms with E-state index in [1.807, 2.05) is 0 Å². The lowest BCUT2D eigenvalue weighted by Crippen LogP contribution is -2.08. The Balaban J connectivity index is 0.000000241. The number of halogens is 8. The van der Waals surface area contributed by atoms with Gasteiger partial charge in [-0.15, -0.1) is 0 Å². The molecule has 6 aromatic rings. The average molecular weight is 812 g/mol. The first-order valence-electron chi connectivity index (χ1n) is 15.3. The molecule has 290 valence electrons. The van der Waals surface area contributed by atoms with E-state index in [0.29, 0.717) is 46.4 Å². The molecule has 4 N–H and O–H groups in total. The second-order valence-electron chi connectivity index (χ2n) is 11.3. The normalized spacial score (nSPS) is 11.3. The summed E-state index contributed by atoms with van der Waals surface area (Å²) < 4.78 is 79.1. The lowest BCUT2D eigenvalue weighted by Gasteiger charge is -2.09. The molecule has 55 heavy (non-hydrogen) atoms. The first kappa shape index (κ1) is 41.7. The molecule has 4 aromatic heterocycles. The molecule has 0 atom stereocenters. The molecule has 0 fully saturated rings. The largest absolute Gasteiger partial charge is 0.435 e. The summed E-state index contributed by atoms with van der Waals surface area (Å²) in [7, 11) is 0. The third-order valence-corrected chi connectivity index (χ3v) is 7.73. The number of aromatic nitrogens is 8. The zero-order valence-electron chi connectivity index (χ0n) is 27.8. The zero-order valence-corrected chi connectivity index (χ0v) is 29.3. The minimum absolute atomic E-state index is 0. The van der Waals surface area contributed by atoms with Gasteiger partial charge in [-0.1, -0.05) is 31.7 Å². The van der Waals surface area contributed by atoms with Crippen molar-refractivity contribution in [2.75, 3.05) is 16.4 Å². The number of rotatable bonds is 9. The summed E-state index contributed by atoms with van der Waals surface area (Å²) in [6.07, 6.45) is -6.59. The van der Waals surface area contributed by atoms with Crippen LogP contribution in [0.2, 0.25) is 10.6 Å². The highest BCUT2D eigenvalue weighted by Gasteiger charge is 2.35. The maximum atomic E-state index is 12.8. The van der Waals surface area contributed by atoms with Crippen molar-refractivity contribution >= 4 is 46.2 Å². The highest BCUT2D eigenvalue weighted by molar-refractivity contribution is 6.28. The molecule has 0 saturated carbocycles. The molecule has 0 bridgehead atoms. The van der Waals surface area contributed by atoms with Crippen LogP contribution in [0.4, 0.5) is 49.4 Å². The highest BCUT2D eigenvalue weighted by atomic mass is 35.5. The smallest absolute Gasteiger partial charge is 0.394 e. The number of hydrogen-bond acceptors (Lipinski definition) is 11. The Labute approximate surface area is 318 Å². The van der Waals surface area contributed by atoms with Gasteiger partial charge in [-0.2, -0.15) is 46.5 Å². The molecule has 0 unspecified atom stereocenters. The van der Waals surface area contributed by atoms with Crippen molar-refractivity contribution in [3.63, 3.8) is 0 Å². The minimum atomic E-state index is -4.52. The number of alkyl halides is 6. The van der Waals surface area contributed by atoms with Crippen LogP contribution >= 0.6 is 23.2 Å². The van der Waals surface area contributed by atoms with Gasteiger partial charge in [-0.25, -0.2) is 19.3 Å². The molecule has 2 aromatic carbocycles. The van der Waals surface area contributed by atoms with Crippen molar-refractivity contribution in [2.24, 2.45) is 0 Å². The second-order valence-corrected chi connectivity index (χ2v) is 12.0. The van der Waals surface area contributed by atoms with E-state index in [0.717, 1.165) is 23.9 Å². The number of nitro groups is 1. The number of anilines is 3. The number of nitrogens with one attached hydrogen (secondary N) is 2. The molecule has 0 spiro atoms. The quantitative estimate of drug-likeness (QED) is 0.0551. The topological polar surface area (TPSA) is 180 Å². The van der Waals surface area contributed by atoms with E-state index < -0.39 is 28.7 Å². The third kappa shape index (κ3) is 10.6. The number of nitrogens with two attached hydrogens (primary N) is 1. The number of aryl methyl sites for hydroxylation is 2. The van der Waals surface area contributed by atoms with Gasteiger partial charge in [0, 0.05) is 24.5 Å². The molecule has 0 radical (unpaired) electrons. The van der Waals surface area contributed by atoms with Crippen LogP contribution < -0.4 is 16.4 Å². The van der Waals surface area contributed by atoms with Crippen LogP contribution in [0.1, 0.15) is 41.3 Å². The maximum Gasteiger partial charge on any atom is 0.435 e. The zero-order chi connectivity index (χ0) is 39.4. The van der Waals surface area contributed by atoms with Crippen LogP contribution in [0, 0.1) is 24.0 Å². The van der Waals surface area contributed by atoms with Gasteiger partial charge in [-0.05, 0) is 84.6 Å². The Bertz CT molecular complexity index is 2260. The van der Waals surface area contributed by atoms with E-state index >= 15 is 0 Å². The van der Waals surface area contributed by atoms with Gasteiger partial charge >= 0.3 is 18.0 Å². The molecule has 0 aliphatic carbocycles. The molecule has 14 nitrogen and oxygen atoms in total. The molecule has 0 aliphatic heterocycles. The minimum Gasteiger partial charge on any atom is -0.394 e. The van der Waals surface area contributed by atoms with E-state index in [9.17, 15) is 36.5 Å². The molecular weight excluding hydrogens is 781 g/mol. The Morgan fingerprint density at radius 3 is 1.53 bits per heavy atom. The van der Waals surface area contributed by atoms with Gasteiger partial charge in [0.05, 0.1) is 28.2 Å². The van der Waals surface area contributed by atoms with Crippen molar-refractivity contribution in [2.45, 2.75) is 46.7 Å². The number of benzene rings is 2. The molecular formula is C33H30Cl2F6N12O2. The fourth-order valence-electron chi connectivity index (χ4n) is 4.76. The van der Waals surface area contributed by atoms with E-state index in [-0.39, 0.29) is 36.0 Å². The Morgan fingerprint density at radius 2 is 1.13 bits per heavy atom. The van der Waals surface area contributed by atoms with Crippen LogP contribution in [-0.2, 0) is 25.4 Å². The monoisotopic (exact) mass is 810 g/mol. The molecule has 0 amide bonds. The second kappa shape index (κ2) is 17.0. The molecule has 0 saturated heterocycles. The highest BCUT2D eigenvalue weighted by Crippen LogP contribution is 2.31. The fraction of sp³-hybridized carbons (Fsp3) is 0.212. The van der Waals surface area contributed by atoms with Gasteiger partial charge in [-0.3, -0.25) is 10.1 Å². The van der Waals surface area contributed by atoms with Crippen molar-refractivity contribution in [1.29, 1.82) is 0 Å². The standard InChI is InChI=1S/C16H12ClF3N6O2.C16H14ClF3N6.CH4/c1-9-6-13(16(18,19)20)24-25(9)11-4-2-10(3-5-11)7-21-14-12(26(27)28)8-22-15(17)23-14;1-9-6-13(16(18,19)20)25-26(9)11-4-2-10(3-5-11)7-22-14-12(21)8-23-15(17)24-14;/h2-6,8H,7H2,1H3,(H,21,22,23);2-6,8H,7,21H2,1H3,(H,22,23,24);1H4. The van der Waals surface area contributed by atoms with E-state index in [1.165, 1.54) is 22.5 Å². The lowest BCUT2D eigenvalue weighted by molar-refractivity contribution is -0.384. The number of hydrogen-bond donors (Lipinski definition) is 3. The van der Waals surface area contributed by atoms with Crippen LogP contribution in [0.15, 0.2) is 73.1 Å². The van der Waals surface area contributed by atoms with Crippen molar-refractivity contribution in [3.05, 3.63) is 128 Å². The predicted molar refractivity (Wildman–Crippen MR) is 193 cm³/mol. The van der Waals surface area contributed by atoms with Crippen molar-refractivity contribution in [1.82, 2.24) is 39.5 Å². The van der Waals surface area contributed by atoms with Gasteiger partial charge < -0.3 is 16.4 Å². The SMILES string of the molecule is C.Cc1cc(C(F)(F)F)nn1-c1ccc(CNc2nc(Cl)ncc2N)cc1.Cc1cc(C(F)(F)F)nn1-c1ccc(CNc2nc(Cl)ncc2[N+](=O)[O-])cc1. The van der Waals surface area contributed by atoms with Gasteiger partial charge in [0.15, 0.2) is 17.2 Å². The average Bonchev–Trinajstić information content (AvgIpc) is 3.71. The van der Waals surface area contributed by atoms with Gasteiger partial charge in [0.1, 0.15) is 6.20 Å². The molecule has 22 heteroatoms. The van der Waals surface area contributed by atoms with Gasteiger partial charge in [0.2, 0.25) is 16.4 Å². The Morgan fingerprint density at radius 1 is 0.727 bits per heavy atom. The summed E-state index contributed by atoms with van der Waals surface area (Å²) in [4.78, 5) is 25.5. The van der Waals surface area contributed by atoms with Crippen LogP contribution in [0.3, 0.4) is 0 Å². The molecule has 4 heterocycles. The molecule has 0 aliphatic rings. The van der Waals surface area contributed by atoms with Crippen LogP contribution in [0.5, 0.6) is 0 Å². The fourth-order valence-corrected chi connectivity index (χ4v) is 5.03. The summed E-state index contributed by atoms with van der Waals surface area (Å²) in [6.45, 7) is 3.68. The number of nitrogens with zero attached hydrogens (tertiary/aromatic N) is 9. The predicted octanol–water partition coefficient (Wildman–Crippen LogP) is 8.64.